The number of nitrogens with zero attached hydrogens (tertiary/aromatic N) is 2. The van der Waals surface area contributed by atoms with Gasteiger partial charge in [0.25, 0.3) is 5.91 Å². The Bertz CT molecular complexity index is 636. The predicted molar refractivity (Wildman–Crippen MR) is 94.3 cm³/mol. The Kier molecular flexibility index (Phi) is 4.41. The van der Waals surface area contributed by atoms with E-state index in [1.165, 1.54) is 0 Å². The van der Waals surface area contributed by atoms with Gasteiger partial charge >= 0.3 is 0 Å². The maximum absolute atomic E-state index is 13.0. The number of benzene rings is 1. The summed E-state index contributed by atoms with van der Waals surface area (Å²) in [5.41, 5.74) is 2.00. The molecular weight excluding hydrogens is 316 g/mol. The molecule has 6 heteroatoms. The molecular formula is C16H23ClN2O2Si. The lowest BCUT2D eigenvalue weighted by molar-refractivity contribution is -0.111. The predicted octanol–water partition coefficient (Wildman–Crippen LogP) is 4.43. The summed E-state index contributed by atoms with van der Waals surface area (Å²) in [6.45, 7) is 13.2. The summed E-state index contributed by atoms with van der Waals surface area (Å²) in [4.78, 5) is 18.1. The summed E-state index contributed by atoms with van der Waals surface area (Å²) in [6.07, 6.45) is 0. The highest BCUT2D eigenvalue weighted by atomic mass is 35.5. The van der Waals surface area contributed by atoms with E-state index in [1.807, 2.05) is 23.6 Å². The molecule has 1 aliphatic rings. The third-order valence-electron chi connectivity index (χ3n) is 4.54. The van der Waals surface area contributed by atoms with Gasteiger partial charge in [-0.3, -0.25) is 4.79 Å². The van der Waals surface area contributed by atoms with Crippen molar-refractivity contribution in [1.82, 2.24) is 0 Å². The number of amides is 1. The molecule has 0 radical (unpaired) electrons. The molecule has 0 N–H and O–H groups in total. The van der Waals surface area contributed by atoms with Crippen molar-refractivity contribution in [1.29, 1.82) is 0 Å². The number of carbonyl (C=O) groups excluding carboxylic acids is 1. The van der Waals surface area contributed by atoms with E-state index in [4.69, 9.17) is 16.4 Å². The van der Waals surface area contributed by atoms with Gasteiger partial charge < -0.3 is 9.40 Å². The van der Waals surface area contributed by atoms with Gasteiger partial charge in [-0.15, -0.1) is 0 Å². The first-order valence-corrected chi connectivity index (χ1v) is 10.8. The van der Waals surface area contributed by atoms with Crippen molar-refractivity contribution in [3.05, 3.63) is 28.8 Å². The highest BCUT2D eigenvalue weighted by Gasteiger charge is 2.49. The van der Waals surface area contributed by atoms with E-state index in [9.17, 15) is 4.79 Å². The van der Waals surface area contributed by atoms with Crippen molar-refractivity contribution >= 4 is 37.1 Å². The van der Waals surface area contributed by atoms with Crippen LogP contribution in [0.5, 0.6) is 0 Å². The molecule has 0 spiro atoms. The second kappa shape index (κ2) is 5.70. The van der Waals surface area contributed by atoms with Crippen molar-refractivity contribution in [2.75, 3.05) is 11.2 Å². The number of carbonyl (C=O) groups is 1. The molecule has 1 aliphatic heterocycles. The van der Waals surface area contributed by atoms with E-state index in [0.717, 1.165) is 11.3 Å². The zero-order valence-corrected chi connectivity index (χ0v) is 15.8. The molecule has 0 aromatic heterocycles. The summed E-state index contributed by atoms with van der Waals surface area (Å²) < 4.78 is 1.94. The fourth-order valence-corrected chi connectivity index (χ4v) is 4.58. The average Bonchev–Trinajstić information content (AvgIpc) is 2.67. The van der Waals surface area contributed by atoms with Gasteiger partial charge in [-0.05, 0) is 30.2 Å². The van der Waals surface area contributed by atoms with E-state index in [-0.39, 0.29) is 10.9 Å². The molecule has 1 aromatic rings. The minimum Gasteiger partial charge on any atom is -0.395 e. The second-order valence-electron chi connectivity index (χ2n) is 6.97. The molecule has 0 atom stereocenters. The Morgan fingerprint density at radius 2 is 1.95 bits per heavy atom. The van der Waals surface area contributed by atoms with E-state index in [0.29, 0.717) is 17.3 Å². The van der Waals surface area contributed by atoms with Gasteiger partial charge in [-0.25, -0.2) is 0 Å². The highest BCUT2D eigenvalue weighted by Crippen LogP contribution is 2.44. The summed E-state index contributed by atoms with van der Waals surface area (Å²) in [5.74, 6) is -0.0858. The molecule has 120 valence electrons. The van der Waals surface area contributed by atoms with Crippen LogP contribution in [-0.2, 0) is 9.63 Å². The summed E-state index contributed by atoms with van der Waals surface area (Å²) in [7, 11) is -2.08. The Morgan fingerprint density at radius 3 is 2.50 bits per heavy atom. The van der Waals surface area contributed by atoms with Gasteiger partial charge in [-0.1, -0.05) is 50.6 Å². The smallest absolute Gasteiger partial charge is 0.273 e. The molecule has 4 nitrogen and oxygen atoms in total. The second-order valence-corrected chi connectivity index (χ2v) is 12.5. The lowest BCUT2D eigenvalue weighted by Crippen LogP contribution is -2.57. The number of anilines is 1. The monoisotopic (exact) mass is 338 g/mol. The average molecular weight is 339 g/mol. The Hall–Kier alpha value is -1.33. The molecule has 1 aromatic carbocycles. The van der Waals surface area contributed by atoms with E-state index in [2.05, 4.69) is 39.0 Å². The van der Waals surface area contributed by atoms with Gasteiger partial charge in [0, 0.05) is 16.3 Å². The lowest BCUT2D eigenvalue weighted by atomic mass is 10.1. The minimum absolute atomic E-state index is 0.0284. The Balaban J connectivity index is 2.63. The first kappa shape index (κ1) is 17.0. The molecule has 1 amide bonds. The SMILES string of the molecule is CCO/N=C1\C(=O)N([Si](C)(C)C(C)(C)C)c2ccc(Cl)cc21. The maximum atomic E-state index is 13.0. The molecule has 22 heavy (non-hydrogen) atoms. The van der Waals surface area contributed by atoms with Crippen molar-refractivity contribution in [2.45, 2.75) is 45.8 Å². The lowest BCUT2D eigenvalue weighted by Gasteiger charge is -2.43. The molecule has 1 heterocycles. The molecule has 0 fully saturated rings. The number of hydrogen-bond acceptors (Lipinski definition) is 3. The zero-order valence-electron chi connectivity index (χ0n) is 14.0. The number of rotatable bonds is 3. The molecule has 0 saturated heterocycles. The normalized spacial score (nSPS) is 17.1. The topological polar surface area (TPSA) is 41.9 Å². The number of hydrogen-bond donors (Lipinski definition) is 0. The van der Waals surface area contributed by atoms with Crippen molar-refractivity contribution in [3.8, 4) is 0 Å². The van der Waals surface area contributed by atoms with Gasteiger partial charge in [0.15, 0.2) is 13.9 Å². The van der Waals surface area contributed by atoms with Crippen LogP contribution in [0.2, 0.25) is 23.2 Å². The quantitative estimate of drug-likeness (QED) is 0.604. The zero-order chi connectivity index (χ0) is 16.7. The first-order chi connectivity index (χ1) is 10.1. The molecule has 0 bridgehead atoms. The van der Waals surface area contributed by atoms with E-state index >= 15 is 0 Å². The first-order valence-electron chi connectivity index (χ1n) is 7.45. The van der Waals surface area contributed by atoms with Crippen molar-refractivity contribution in [3.63, 3.8) is 0 Å². The summed E-state index contributed by atoms with van der Waals surface area (Å²) in [5, 5.41) is 4.66. The molecule has 0 unspecified atom stereocenters. The van der Waals surface area contributed by atoms with Gasteiger partial charge in [-0.2, -0.15) is 0 Å². The largest absolute Gasteiger partial charge is 0.395 e. The standard InChI is InChI=1S/C16H23ClN2O2Si/c1-7-21-18-14-12-10-11(17)8-9-13(12)19(15(14)20)22(5,6)16(2,3)4/h8-10H,7H2,1-6H3/b18-14-. The van der Waals surface area contributed by atoms with Crippen molar-refractivity contribution in [2.24, 2.45) is 5.16 Å². The number of halogens is 1. The van der Waals surface area contributed by atoms with Crippen LogP contribution in [0, 0.1) is 0 Å². The van der Waals surface area contributed by atoms with Gasteiger partial charge in [0.05, 0.1) is 0 Å². The number of fused-ring (bicyclic) bond motifs is 1. The van der Waals surface area contributed by atoms with Crippen LogP contribution in [-0.4, -0.2) is 26.5 Å². The van der Waals surface area contributed by atoms with Crippen LogP contribution in [0.25, 0.3) is 0 Å². The maximum Gasteiger partial charge on any atom is 0.273 e. The Morgan fingerprint density at radius 1 is 1.32 bits per heavy atom. The van der Waals surface area contributed by atoms with Crippen LogP contribution in [0.4, 0.5) is 5.69 Å². The van der Waals surface area contributed by atoms with Crippen LogP contribution in [0.15, 0.2) is 23.4 Å². The third-order valence-corrected chi connectivity index (χ3v) is 10.0. The molecule has 0 aliphatic carbocycles. The summed E-state index contributed by atoms with van der Waals surface area (Å²) >= 11 is 6.11. The van der Waals surface area contributed by atoms with Crippen LogP contribution >= 0.6 is 11.6 Å². The highest BCUT2D eigenvalue weighted by molar-refractivity contribution is 6.90. The number of oxime groups is 1. The fraction of sp³-hybridized carbons (Fsp3) is 0.500. The van der Waals surface area contributed by atoms with Crippen LogP contribution < -0.4 is 4.57 Å². The third kappa shape index (κ3) is 2.68. The van der Waals surface area contributed by atoms with Crippen LogP contribution in [0.3, 0.4) is 0 Å². The molecule has 2 rings (SSSR count). The summed E-state index contributed by atoms with van der Waals surface area (Å²) in [6, 6.07) is 5.52. The Labute approximate surface area is 138 Å². The van der Waals surface area contributed by atoms with E-state index < -0.39 is 8.24 Å². The minimum atomic E-state index is -2.08. The molecule has 0 saturated carbocycles. The van der Waals surface area contributed by atoms with Crippen molar-refractivity contribution < 1.29 is 9.63 Å². The van der Waals surface area contributed by atoms with Crippen LogP contribution in [0.1, 0.15) is 33.3 Å². The van der Waals surface area contributed by atoms with E-state index in [1.54, 1.807) is 6.07 Å². The van der Waals surface area contributed by atoms with Gasteiger partial charge in [0.1, 0.15) is 6.61 Å². The van der Waals surface area contributed by atoms with Gasteiger partial charge in [0.2, 0.25) is 0 Å². The fourth-order valence-electron chi connectivity index (χ4n) is 2.33.